The molecule has 1 aromatic rings. The fourth-order valence-corrected chi connectivity index (χ4v) is 4.18. The lowest BCUT2D eigenvalue weighted by molar-refractivity contribution is -0.154. The van der Waals surface area contributed by atoms with E-state index in [-0.39, 0.29) is 24.4 Å². The van der Waals surface area contributed by atoms with Gasteiger partial charge in [-0.3, -0.25) is 9.59 Å². The Morgan fingerprint density at radius 3 is 2.88 bits per heavy atom. The SMILES string of the molecule is CCCc1nnsc1C(=O)N1CCO[C@](C)(C(=O)NC2CCCC2)C1. The maximum atomic E-state index is 12.9. The Hall–Kier alpha value is -1.54. The third-order valence-corrected chi connectivity index (χ3v) is 5.73. The molecule has 7 nitrogen and oxygen atoms in total. The summed E-state index contributed by atoms with van der Waals surface area (Å²) in [6.45, 7) is 4.92. The number of nitrogens with zero attached hydrogens (tertiary/aromatic N) is 3. The van der Waals surface area contributed by atoms with Crippen LogP contribution < -0.4 is 5.32 Å². The van der Waals surface area contributed by atoms with Gasteiger partial charge in [-0.05, 0) is 37.7 Å². The molecule has 1 saturated carbocycles. The van der Waals surface area contributed by atoms with Crippen molar-refractivity contribution in [2.24, 2.45) is 0 Å². The molecule has 2 heterocycles. The molecular weight excluding hydrogens is 340 g/mol. The summed E-state index contributed by atoms with van der Waals surface area (Å²) in [7, 11) is 0. The predicted octanol–water partition coefficient (Wildman–Crippen LogP) is 1.78. The quantitative estimate of drug-likeness (QED) is 0.859. The Bertz CT molecular complexity index is 629. The zero-order chi connectivity index (χ0) is 17.9. The van der Waals surface area contributed by atoms with Gasteiger partial charge in [-0.1, -0.05) is 30.7 Å². The van der Waals surface area contributed by atoms with E-state index in [9.17, 15) is 9.59 Å². The van der Waals surface area contributed by atoms with Gasteiger partial charge in [-0.2, -0.15) is 0 Å². The van der Waals surface area contributed by atoms with Gasteiger partial charge in [0.2, 0.25) is 0 Å². The summed E-state index contributed by atoms with van der Waals surface area (Å²) in [5, 5.41) is 7.16. The lowest BCUT2D eigenvalue weighted by atomic mass is 10.0. The van der Waals surface area contributed by atoms with E-state index in [0.717, 1.165) is 55.8 Å². The molecule has 1 N–H and O–H groups in total. The Morgan fingerprint density at radius 1 is 1.40 bits per heavy atom. The second-order valence-electron chi connectivity index (χ2n) is 7.06. The summed E-state index contributed by atoms with van der Waals surface area (Å²) >= 11 is 1.13. The fourth-order valence-electron chi connectivity index (χ4n) is 3.50. The molecular formula is C17H26N4O3S. The number of carbonyl (C=O) groups is 2. The van der Waals surface area contributed by atoms with Gasteiger partial charge in [0.1, 0.15) is 4.88 Å². The highest BCUT2D eigenvalue weighted by Crippen LogP contribution is 2.24. The summed E-state index contributed by atoms with van der Waals surface area (Å²) in [5.41, 5.74) is -0.249. The number of aromatic nitrogens is 2. The second-order valence-corrected chi connectivity index (χ2v) is 7.81. The highest BCUT2D eigenvalue weighted by atomic mass is 32.1. The van der Waals surface area contributed by atoms with Crippen molar-refractivity contribution in [3.8, 4) is 0 Å². The van der Waals surface area contributed by atoms with Crippen LogP contribution in [0.3, 0.4) is 0 Å². The van der Waals surface area contributed by atoms with Gasteiger partial charge in [-0.25, -0.2) is 0 Å². The summed E-state index contributed by atoms with van der Waals surface area (Å²) in [6, 6.07) is 0.237. The lowest BCUT2D eigenvalue weighted by Gasteiger charge is -2.39. The topological polar surface area (TPSA) is 84.4 Å². The molecule has 2 amide bonds. The number of aryl methyl sites for hydroxylation is 1. The molecule has 3 rings (SSSR count). The zero-order valence-electron chi connectivity index (χ0n) is 14.9. The fraction of sp³-hybridized carbons (Fsp3) is 0.765. The van der Waals surface area contributed by atoms with Gasteiger partial charge in [0, 0.05) is 12.6 Å². The summed E-state index contributed by atoms with van der Waals surface area (Å²) in [5.74, 6) is -0.213. The van der Waals surface area contributed by atoms with Crippen LogP contribution in [0.15, 0.2) is 0 Å². The Morgan fingerprint density at radius 2 is 2.16 bits per heavy atom. The maximum Gasteiger partial charge on any atom is 0.267 e. The van der Waals surface area contributed by atoms with Crippen LogP contribution in [0.25, 0.3) is 0 Å². The van der Waals surface area contributed by atoms with Crippen molar-refractivity contribution in [1.29, 1.82) is 0 Å². The first kappa shape index (κ1) is 18.3. The first-order chi connectivity index (χ1) is 12.0. The number of ether oxygens (including phenoxy) is 1. The van der Waals surface area contributed by atoms with Crippen LogP contribution in [0.2, 0.25) is 0 Å². The Labute approximate surface area is 152 Å². The van der Waals surface area contributed by atoms with Gasteiger partial charge in [0.05, 0.1) is 18.8 Å². The van der Waals surface area contributed by atoms with Crippen LogP contribution in [0, 0.1) is 0 Å². The third kappa shape index (κ3) is 4.00. The molecule has 0 bridgehead atoms. The van der Waals surface area contributed by atoms with Crippen molar-refractivity contribution in [3.63, 3.8) is 0 Å². The van der Waals surface area contributed by atoms with Gasteiger partial charge in [0.15, 0.2) is 5.60 Å². The van der Waals surface area contributed by atoms with Gasteiger partial charge >= 0.3 is 0 Å². The minimum atomic E-state index is -1.00. The van der Waals surface area contributed by atoms with E-state index in [0.29, 0.717) is 18.0 Å². The molecule has 1 aliphatic carbocycles. The number of morpholine rings is 1. The second kappa shape index (κ2) is 7.78. The minimum absolute atomic E-state index is 0.0957. The molecule has 1 aromatic heterocycles. The first-order valence-corrected chi connectivity index (χ1v) is 9.86. The molecule has 2 aliphatic rings. The standard InChI is InChI=1S/C17H26N4O3S/c1-3-6-13-14(25-20-19-13)15(22)21-9-10-24-17(2,11-21)16(23)18-12-7-4-5-8-12/h12H,3-11H2,1-2H3,(H,18,23)/t17-/m0/s1. The van der Waals surface area contributed by atoms with Crippen molar-refractivity contribution < 1.29 is 14.3 Å². The van der Waals surface area contributed by atoms with Crippen LogP contribution in [0.5, 0.6) is 0 Å². The smallest absolute Gasteiger partial charge is 0.267 e. The van der Waals surface area contributed by atoms with E-state index >= 15 is 0 Å². The highest BCUT2D eigenvalue weighted by molar-refractivity contribution is 7.08. The van der Waals surface area contributed by atoms with Crippen LogP contribution in [-0.2, 0) is 16.0 Å². The number of carbonyl (C=O) groups excluding carboxylic acids is 2. The molecule has 25 heavy (non-hydrogen) atoms. The molecule has 8 heteroatoms. The van der Waals surface area contributed by atoms with E-state index < -0.39 is 5.60 Å². The molecule has 0 unspecified atom stereocenters. The summed E-state index contributed by atoms with van der Waals surface area (Å²) in [6.07, 6.45) is 6.02. The van der Waals surface area contributed by atoms with Crippen molar-refractivity contribution in [1.82, 2.24) is 19.8 Å². The van der Waals surface area contributed by atoms with E-state index in [2.05, 4.69) is 14.9 Å². The maximum absolute atomic E-state index is 12.9. The normalized spacial score (nSPS) is 24.5. The van der Waals surface area contributed by atoms with Gasteiger partial charge in [0.25, 0.3) is 11.8 Å². The lowest BCUT2D eigenvalue weighted by Crippen LogP contribution is -2.60. The Balaban J connectivity index is 1.68. The average molecular weight is 366 g/mol. The zero-order valence-corrected chi connectivity index (χ0v) is 15.7. The van der Waals surface area contributed by atoms with Crippen LogP contribution in [-0.4, -0.2) is 57.6 Å². The average Bonchev–Trinajstić information content (AvgIpc) is 3.26. The molecule has 1 aliphatic heterocycles. The van der Waals surface area contributed by atoms with Crippen molar-refractivity contribution in [2.75, 3.05) is 19.7 Å². The monoisotopic (exact) mass is 366 g/mol. The van der Waals surface area contributed by atoms with Crippen molar-refractivity contribution in [2.45, 2.75) is 64.0 Å². The van der Waals surface area contributed by atoms with Crippen LogP contribution in [0.4, 0.5) is 0 Å². The van der Waals surface area contributed by atoms with E-state index in [4.69, 9.17) is 4.74 Å². The Kier molecular flexibility index (Phi) is 5.68. The number of hydrogen-bond acceptors (Lipinski definition) is 6. The number of nitrogens with one attached hydrogen (secondary N) is 1. The van der Waals surface area contributed by atoms with Crippen molar-refractivity contribution >= 4 is 23.3 Å². The summed E-state index contributed by atoms with van der Waals surface area (Å²) in [4.78, 5) is 27.9. The molecule has 0 aromatic carbocycles. The number of amides is 2. The molecule has 2 fully saturated rings. The van der Waals surface area contributed by atoms with Crippen molar-refractivity contribution in [3.05, 3.63) is 10.6 Å². The highest BCUT2D eigenvalue weighted by Gasteiger charge is 2.42. The molecule has 1 saturated heterocycles. The van der Waals surface area contributed by atoms with Gasteiger partial charge < -0.3 is 15.0 Å². The van der Waals surface area contributed by atoms with Crippen LogP contribution in [0.1, 0.15) is 61.3 Å². The van der Waals surface area contributed by atoms with E-state index in [1.165, 1.54) is 0 Å². The van der Waals surface area contributed by atoms with E-state index in [1.54, 1.807) is 11.8 Å². The third-order valence-electron chi connectivity index (χ3n) is 4.97. The number of hydrogen-bond donors (Lipinski definition) is 1. The minimum Gasteiger partial charge on any atom is -0.362 e. The molecule has 0 spiro atoms. The molecule has 1 atom stereocenters. The first-order valence-electron chi connectivity index (χ1n) is 9.09. The number of rotatable bonds is 5. The molecule has 0 radical (unpaired) electrons. The van der Waals surface area contributed by atoms with E-state index in [1.807, 2.05) is 6.92 Å². The van der Waals surface area contributed by atoms with Gasteiger partial charge in [-0.15, -0.1) is 5.10 Å². The predicted molar refractivity (Wildman–Crippen MR) is 94.6 cm³/mol. The largest absolute Gasteiger partial charge is 0.362 e. The van der Waals surface area contributed by atoms with Crippen LogP contribution >= 0.6 is 11.5 Å². The summed E-state index contributed by atoms with van der Waals surface area (Å²) < 4.78 is 9.71. The molecule has 138 valence electrons.